The lowest BCUT2D eigenvalue weighted by molar-refractivity contribution is -0.207. The zero-order valence-electron chi connectivity index (χ0n) is 19.4. The molecule has 3 heterocycles. The molecule has 1 spiro atoms. The number of aryl methyl sites for hydroxylation is 1. The predicted molar refractivity (Wildman–Crippen MR) is 123 cm³/mol. The lowest BCUT2D eigenvalue weighted by atomic mass is 9.75. The number of nitrogens with zero attached hydrogens (tertiary/aromatic N) is 3. The first-order chi connectivity index (χ1) is 15.6. The summed E-state index contributed by atoms with van der Waals surface area (Å²) in [6, 6.07) is 8.52. The molecule has 1 unspecified atom stereocenters. The molecule has 1 aromatic rings. The van der Waals surface area contributed by atoms with Crippen LogP contribution in [0.1, 0.15) is 31.2 Å². The largest absolute Gasteiger partial charge is 0.425 e. The summed E-state index contributed by atoms with van der Waals surface area (Å²) in [5.74, 6) is -1.66. The van der Waals surface area contributed by atoms with E-state index in [0.29, 0.717) is 32.3 Å². The number of esters is 1. The summed E-state index contributed by atoms with van der Waals surface area (Å²) in [5.41, 5.74) is 1.66. The van der Waals surface area contributed by atoms with Crippen LogP contribution in [-0.4, -0.2) is 87.9 Å². The van der Waals surface area contributed by atoms with Crippen molar-refractivity contribution in [1.82, 2.24) is 9.21 Å². The lowest BCUT2D eigenvalue weighted by Gasteiger charge is -2.38. The van der Waals surface area contributed by atoms with Crippen molar-refractivity contribution in [3.8, 4) is 0 Å². The van der Waals surface area contributed by atoms with E-state index in [4.69, 9.17) is 9.47 Å². The molecule has 3 aliphatic heterocycles. The quantitative estimate of drug-likeness (QED) is 0.427. The molecule has 0 aliphatic carbocycles. The fourth-order valence-electron chi connectivity index (χ4n) is 5.19. The van der Waals surface area contributed by atoms with Crippen LogP contribution in [-0.2, 0) is 29.1 Å². The second-order valence-electron chi connectivity index (χ2n) is 9.55. The van der Waals surface area contributed by atoms with E-state index < -0.39 is 21.2 Å². The zero-order valence-corrected chi connectivity index (χ0v) is 20.2. The summed E-state index contributed by atoms with van der Waals surface area (Å²) in [4.78, 5) is 28.8. The van der Waals surface area contributed by atoms with Crippen molar-refractivity contribution in [3.05, 3.63) is 29.8 Å². The van der Waals surface area contributed by atoms with Gasteiger partial charge in [0.1, 0.15) is 0 Å². The van der Waals surface area contributed by atoms with Crippen LogP contribution in [0.15, 0.2) is 24.3 Å². The monoisotopic (exact) mass is 479 g/mol. The Balaban J connectivity index is 1.34. The molecule has 33 heavy (non-hydrogen) atoms. The van der Waals surface area contributed by atoms with E-state index in [-0.39, 0.29) is 25.5 Å². The van der Waals surface area contributed by atoms with E-state index in [1.807, 2.05) is 0 Å². The van der Waals surface area contributed by atoms with Crippen LogP contribution in [0.3, 0.4) is 0 Å². The zero-order chi connectivity index (χ0) is 23.7. The van der Waals surface area contributed by atoms with Crippen LogP contribution >= 0.6 is 0 Å². The van der Waals surface area contributed by atoms with Gasteiger partial charge in [-0.1, -0.05) is 17.7 Å². The molecule has 9 nitrogen and oxygen atoms in total. The summed E-state index contributed by atoms with van der Waals surface area (Å²) in [6.07, 6.45) is 2.60. The Bertz CT molecular complexity index is 966. The van der Waals surface area contributed by atoms with Gasteiger partial charge in [-0.3, -0.25) is 14.5 Å². The molecular formula is C23H33N3O6S. The third-order valence-corrected chi connectivity index (χ3v) is 8.61. The van der Waals surface area contributed by atoms with E-state index in [2.05, 4.69) is 41.0 Å². The molecule has 0 radical (unpaired) electrons. The first-order valence-electron chi connectivity index (χ1n) is 11.5. The number of piperazine rings is 1. The number of ether oxygens (including phenoxy) is 2. The van der Waals surface area contributed by atoms with Gasteiger partial charge in [-0.25, -0.2) is 12.7 Å². The summed E-state index contributed by atoms with van der Waals surface area (Å²) in [7, 11) is -3.30. The van der Waals surface area contributed by atoms with Crippen molar-refractivity contribution >= 4 is 28.2 Å². The van der Waals surface area contributed by atoms with Crippen molar-refractivity contribution in [1.29, 1.82) is 0 Å². The summed E-state index contributed by atoms with van der Waals surface area (Å²) in [6.45, 7) is 7.15. The van der Waals surface area contributed by atoms with Gasteiger partial charge in [-0.15, -0.1) is 0 Å². The number of anilines is 1. The number of carbonyl (C=O) groups is 2. The van der Waals surface area contributed by atoms with Crippen molar-refractivity contribution in [2.45, 2.75) is 38.4 Å². The second kappa shape index (κ2) is 9.23. The van der Waals surface area contributed by atoms with Gasteiger partial charge in [0.25, 0.3) is 12.3 Å². The Kier molecular flexibility index (Phi) is 6.70. The highest BCUT2D eigenvalue weighted by Crippen LogP contribution is 2.49. The Morgan fingerprint density at radius 3 is 2.27 bits per heavy atom. The molecule has 4 rings (SSSR count). The van der Waals surface area contributed by atoms with Crippen molar-refractivity contribution < 1.29 is 27.5 Å². The molecule has 0 aromatic heterocycles. The van der Waals surface area contributed by atoms with Gasteiger partial charge in [0, 0.05) is 64.3 Å². The predicted octanol–water partition coefficient (Wildman–Crippen LogP) is 1.37. The van der Waals surface area contributed by atoms with Crippen LogP contribution < -0.4 is 4.90 Å². The van der Waals surface area contributed by atoms with E-state index in [9.17, 15) is 18.0 Å². The van der Waals surface area contributed by atoms with Crippen LogP contribution in [0.4, 0.5) is 5.69 Å². The van der Waals surface area contributed by atoms with Gasteiger partial charge >= 0.3 is 5.97 Å². The van der Waals surface area contributed by atoms with E-state index >= 15 is 0 Å². The molecule has 0 saturated carbocycles. The lowest BCUT2D eigenvalue weighted by Crippen LogP contribution is -2.48. The molecule has 1 atom stereocenters. The van der Waals surface area contributed by atoms with Gasteiger partial charge in [-0.2, -0.15) is 0 Å². The number of benzene rings is 1. The Hall–Kier alpha value is -2.17. The third-order valence-electron chi connectivity index (χ3n) is 7.31. The first kappa shape index (κ1) is 24.0. The van der Waals surface area contributed by atoms with Crippen LogP contribution in [0.2, 0.25) is 0 Å². The molecule has 3 aliphatic rings. The minimum Gasteiger partial charge on any atom is -0.425 e. The second-order valence-corrected chi connectivity index (χ2v) is 11.5. The average molecular weight is 480 g/mol. The van der Waals surface area contributed by atoms with Crippen LogP contribution in [0, 0.1) is 12.3 Å². The molecular weight excluding hydrogens is 446 g/mol. The summed E-state index contributed by atoms with van der Waals surface area (Å²) in [5, 5.41) is 0. The molecule has 0 N–H and O–H groups in total. The van der Waals surface area contributed by atoms with Gasteiger partial charge in [0.05, 0.1) is 11.7 Å². The van der Waals surface area contributed by atoms with Gasteiger partial charge < -0.3 is 14.4 Å². The number of rotatable bonds is 7. The maximum atomic E-state index is 12.9. The van der Waals surface area contributed by atoms with Crippen molar-refractivity contribution in [2.24, 2.45) is 5.41 Å². The van der Waals surface area contributed by atoms with Gasteiger partial charge in [0.2, 0.25) is 10.0 Å². The molecule has 1 aromatic carbocycles. The Labute approximate surface area is 195 Å². The average Bonchev–Trinajstić information content (AvgIpc) is 3.04. The van der Waals surface area contributed by atoms with Crippen LogP contribution in [0.25, 0.3) is 0 Å². The number of sulfonamides is 1. The summed E-state index contributed by atoms with van der Waals surface area (Å²) >= 11 is 0. The maximum Gasteiger partial charge on any atom is 0.315 e. The van der Waals surface area contributed by atoms with E-state index in [0.717, 1.165) is 26.2 Å². The van der Waals surface area contributed by atoms with Gasteiger partial charge in [0.15, 0.2) is 0 Å². The molecule has 0 bridgehead atoms. The molecule has 3 saturated heterocycles. The third kappa shape index (κ3) is 5.17. The molecule has 3 fully saturated rings. The van der Waals surface area contributed by atoms with E-state index in [1.165, 1.54) is 21.8 Å². The van der Waals surface area contributed by atoms with Crippen molar-refractivity contribution in [3.63, 3.8) is 0 Å². The molecule has 182 valence electrons. The highest BCUT2D eigenvalue weighted by atomic mass is 32.2. The van der Waals surface area contributed by atoms with Crippen LogP contribution in [0.5, 0.6) is 0 Å². The minimum absolute atomic E-state index is 0.270. The SMILES string of the molecule is Cc1ccc(N2CCN(CCC3(OC=O)CC4(CCN(S(C)(=O)=O)CC4)C(=O)O3)CC2)cc1. The number of carbonyl (C=O) groups excluding carboxylic acids is 2. The fourth-order valence-corrected chi connectivity index (χ4v) is 6.04. The molecule has 10 heteroatoms. The normalized spacial score (nSPS) is 26.4. The summed E-state index contributed by atoms with van der Waals surface area (Å²) < 4.78 is 36.1. The highest BCUT2D eigenvalue weighted by molar-refractivity contribution is 7.88. The van der Waals surface area contributed by atoms with E-state index in [1.54, 1.807) is 0 Å². The molecule has 0 amide bonds. The number of hydrogen-bond acceptors (Lipinski definition) is 8. The maximum absolute atomic E-state index is 12.9. The minimum atomic E-state index is -3.30. The Morgan fingerprint density at radius 2 is 1.70 bits per heavy atom. The van der Waals surface area contributed by atoms with Crippen molar-refractivity contribution in [2.75, 3.05) is 57.0 Å². The highest BCUT2D eigenvalue weighted by Gasteiger charge is 2.59. The first-order valence-corrected chi connectivity index (χ1v) is 13.3. The fraction of sp³-hybridized carbons (Fsp3) is 0.652. The number of cyclic esters (lactones) is 1. The standard InChI is InChI=1S/C23H33N3O6S/c1-19-3-5-20(6-4-19)25-15-13-24(14-16-25)10-9-23(31-18-27)17-22(21(28)32-23)7-11-26(12-8-22)33(2,29)30/h3-6,18H,7-17H2,1-2H3. The topological polar surface area (TPSA) is 96.5 Å². The smallest absolute Gasteiger partial charge is 0.315 e. The Morgan fingerprint density at radius 1 is 1.06 bits per heavy atom. The number of hydrogen-bond donors (Lipinski definition) is 0. The number of piperidine rings is 1. The van der Waals surface area contributed by atoms with Gasteiger partial charge in [-0.05, 0) is 31.9 Å².